The second-order valence-electron chi connectivity index (χ2n) is 6.19. The number of primary amides is 1. The molecule has 1 amide bonds. The molecule has 0 radical (unpaired) electrons. The predicted molar refractivity (Wildman–Crippen MR) is 106 cm³/mol. The van der Waals surface area contributed by atoms with Gasteiger partial charge >= 0.3 is 0 Å². The first kappa shape index (κ1) is 18.8. The number of thiazole rings is 1. The number of nitrogens with zero attached hydrogens (tertiary/aromatic N) is 1. The van der Waals surface area contributed by atoms with E-state index in [1.165, 1.54) is 11.3 Å². The lowest BCUT2D eigenvalue weighted by Crippen LogP contribution is -2.16. The van der Waals surface area contributed by atoms with Gasteiger partial charge in [-0.3, -0.25) is 4.79 Å². The second-order valence-corrected chi connectivity index (χ2v) is 7.31. The van der Waals surface area contributed by atoms with Crippen LogP contribution in [0, 0.1) is 11.6 Å². The van der Waals surface area contributed by atoms with E-state index in [9.17, 15) is 18.7 Å². The summed E-state index contributed by atoms with van der Waals surface area (Å²) in [7, 11) is 0. The number of ether oxygens (including phenoxy) is 1. The molecule has 0 aliphatic heterocycles. The minimum absolute atomic E-state index is 0.0635. The molecular formula is C21H14F2N2O3S. The molecule has 0 fully saturated rings. The molecule has 4 aromatic rings. The number of hydrogen-bond acceptors (Lipinski definition) is 5. The molecule has 29 heavy (non-hydrogen) atoms. The van der Waals surface area contributed by atoms with Gasteiger partial charge in [-0.2, -0.15) is 0 Å². The molecule has 1 aromatic heterocycles. The van der Waals surface area contributed by atoms with Gasteiger partial charge < -0.3 is 15.6 Å². The van der Waals surface area contributed by atoms with Gasteiger partial charge in [0.15, 0.2) is 11.6 Å². The van der Waals surface area contributed by atoms with E-state index < -0.39 is 23.1 Å². The number of fused-ring (bicyclic) bond motifs is 1. The number of para-hydroxylation sites is 1. The number of nitrogens with two attached hydrogens (primary N) is 1. The number of phenols is 1. The van der Waals surface area contributed by atoms with Crippen LogP contribution in [0.3, 0.4) is 0 Å². The minimum Gasteiger partial charge on any atom is -0.507 e. The van der Waals surface area contributed by atoms with E-state index in [0.717, 1.165) is 22.4 Å². The Morgan fingerprint density at radius 3 is 2.69 bits per heavy atom. The molecule has 0 spiro atoms. The minimum atomic E-state index is -1.21. The van der Waals surface area contributed by atoms with Crippen LogP contribution in [0.2, 0.25) is 0 Å². The molecule has 0 aliphatic carbocycles. The number of phenolic OH excluding ortho intramolecular Hbond substituents is 1. The molecule has 0 bridgehead atoms. The molecule has 8 heteroatoms. The van der Waals surface area contributed by atoms with Gasteiger partial charge in [0.2, 0.25) is 0 Å². The van der Waals surface area contributed by atoms with Crippen LogP contribution in [0.15, 0.2) is 54.6 Å². The van der Waals surface area contributed by atoms with Gasteiger partial charge in [0, 0.05) is 5.56 Å². The Morgan fingerprint density at radius 1 is 1.14 bits per heavy atom. The van der Waals surface area contributed by atoms with Crippen molar-refractivity contribution < 1.29 is 23.4 Å². The summed E-state index contributed by atoms with van der Waals surface area (Å²) in [6.07, 6.45) is 0. The second kappa shape index (κ2) is 7.48. The van der Waals surface area contributed by atoms with E-state index in [4.69, 9.17) is 10.5 Å². The van der Waals surface area contributed by atoms with Crippen molar-refractivity contribution in [1.29, 1.82) is 0 Å². The quantitative estimate of drug-likeness (QED) is 0.501. The number of benzene rings is 3. The Balaban J connectivity index is 1.59. The largest absolute Gasteiger partial charge is 0.507 e. The topological polar surface area (TPSA) is 85.4 Å². The third-order valence-electron chi connectivity index (χ3n) is 4.30. The van der Waals surface area contributed by atoms with Gasteiger partial charge in [0.05, 0.1) is 10.2 Å². The van der Waals surface area contributed by atoms with Gasteiger partial charge in [-0.1, -0.05) is 24.3 Å². The Morgan fingerprint density at radius 2 is 1.93 bits per heavy atom. The molecule has 5 nitrogen and oxygen atoms in total. The summed E-state index contributed by atoms with van der Waals surface area (Å²) in [6.45, 7) is -0.0635. The van der Waals surface area contributed by atoms with Crippen molar-refractivity contribution in [2.24, 2.45) is 5.73 Å². The summed E-state index contributed by atoms with van der Waals surface area (Å²) < 4.78 is 34.1. The van der Waals surface area contributed by atoms with E-state index >= 15 is 0 Å². The zero-order valence-electron chi connectivity index (χ0n) is 14.9. The van der Waals surface area contributed by atoms with Crippen LogP contribution in [0.4, 0.5) is 8.78 Å². The Bertz CT molecular complexity index is 1240. The fourth-order valence-electron chi connectivity index (χ4n) is 2.93. The van der Waals surface area contributed by atoms with Crippen LogP contribution in [0.5, 0.6) is 11.5 Å². The Labute approximate surface area is 168 Å². The summed E-state index contributed by atoms with van der Waals surface area (Å²) in [5.41, 5.74) is 6.38. The molecular weight excluding hydrogens is 398 g/mol. The standard InChI is InChI=1S/C21H14F2N2O3S/c22-13-6-7-16(20(23)19(13)21(24)27)28-10-18-25-14-9-11(5-8-17(14)29-18)12-3-1-2-4-15(12)26/h1-9,26H,10H2,(H2,24,27). The van der Waals surface area contributed by atoms with Gasteiger partial charge in [-0.15, -0.1) is 11.3 Å². The highest BCUT2D eigenvalue weighted by Gasteiger charge is 2.19. The van der Waals surface area contributed by atoms with E-state index in [1.807, 2.05) is 24.3 Å². The van der Waals surface area contributed by atoms with Crippen LogP contribution in [-0.4, -0.2) is 16.0 Å². The number of halogens is 2. The van der Waals surface area contributed by atoms with Crippen molar-refractivity contribution in [3.63, 3.8) is 0 Å². The fourth-order valence-corrected chi connectivity index (χ4v) is 3.79. The van der Waals surface area contributed by atoms with Crippen LogP contribution in [-0.2, 0) is 6.61 Å². The lowest BCUT2D eigenvalue weighted by atomic mass is 10.0. The van der Waals surface area contributed by atoms with E-state index in [1.54, 1.807) is 18.2 Å². The lowest BCUT2D eigenvalue weighted by molar-refractivity contribution is 0.0991. The van der Waals surface area contributed by atoms with Crippen LogP contribution >= 0.6 is 11.3 Å². The first-order chi connectivity index (χ1) is 13.9. The molecule has 0 atom stereocenters. The molecule has 3 aromatic carbocycles. The van der Waals surface area contributed by atoms with Crippen molar-refractivity contribution in [3.8, 4) is 22.6 Å². The van der Waals surface area contributed by atoms with E-state index in [2.05, 4.69) is 4.98 Å². The highest BCUT2D eigenvalue weighted by Crippen LogP contribution is 2.33. The summed E-state index contributed by atoms with van der Waals surface area (Å²) in [4.78, 5) is 15.7. The fraction of sp³-hybridized carbons (Fsp3) is 0.0476. The number of aromatic nitrogens is 1. The van der Waals surface area contributed by atoms with Crippen molar-refractivity contribution in [2.75, 3.05) is 0 Å². The monoisotopic (exact) mass is 412 g/mol. The van der Waals surface area contributed by atoms with Crippen LogP contribution < -0.4 is 10.5 Å². The predicted octanol–water partition coefficient (Wildman–Crippen LogP) is 4.63. The first-order valence-electron chi connectivity index (χ1n) is 8.52. The van der Waals surface area contributed by atoms with Gasteiger partial charge in [-0.05, 0) is 35.9 Å². The van der Waals surface area contributed by atoms with Crippen molar-refractivity contribution in [1.82, 2.24) is 4.98 Å². The first-order valence-corrected chi connectivity index (χ1v) is 9.34. The van der Waals surface area contributed by atoms with Gasteiger partial charge in [0.1, 0.15) is 28.7 Å². The van der Waals surface area contributed by atoms with Crippen molar-refractivity contribution >= 4 is 27.5 Å². The maximum Gasteiger partial charge on any atom is 0.254 e. The highest BCUT2D eigenvalue weighted by molar-refractivity contribution is 7.18. The maximum atomic E-state index is 14.3. The number of hydrogen-bond donors (Lipinski definition) is 2. The van der Waals surface area contributed by atoms with Crippen LogP contribution in [0.25, 0.3) is 21.3 Å². The molecule has 0 saturated heterocycles. The number of aromatic hydroxyl groups is 1. The lowest BCUT2D eigenvalue weighted by Gasteiger charge is -2.08. The Kier molecular flexibility index (Phi) is 4.85. The zero-order chi connectivity index (χ0) is 20.5. The number of carbonyl (C=O) groups excluding carboxylic acids is 1. The summed E-state index contributed by atoms with van der Waals surface area (Å²) >= 11 is 1.36. The Hall–Kier alpha value is -3.52. The number of amides is 1. The maximum absolute atomic E-state index is 14.3. The van der Waals surface area contributed by atoms with Crippen LogP contribution in [0.1, 0.15) is 15.4 Å². The third kappa shape index (κ3) is 3.62. The third-order valence-corrected chi connectivity index (χ3v) is 5.31. The molecule has 146 valence electrons. The van der Waals surface area contributed by atoms with Crippen molar-refractivity contribution in [2.45, 2.75) is 6.61 Å². The molecule has 0 saturated carbocycles. The van der Waals surface area contributed by atoms with Gasteiger partial charge in [0.25, 0.3) is 5.91 Å². The smallest absolute Gasteiger partial charge is 0.254 e. The SMILES string of the molecule is NC(=O)c1c(F)ccc(OCc2nc3cc(-c4ccccc4O)ccc3s2)c1F. The molecule has 0 unspecified atom stereocenters. The van der Waals surface area contributed by atoms with Crippen molar-refractivity contribution in [3.05, 3.63) is 76.8 Å². The normalized spacial score (nSPS) is 11.0. The van der Waals surface area contributed by atoms with E-state index in [0.29, 0.717) is 16.1 Å². The average molecular weight is 412 g/mol. The number of carbonyl (C=O) groups is 1. The number of rotatable bonds is 5. The van der Waals surface area contributed by atoms with Gasteiger partial charge in [-0.25, -0.2) is 13.8 Å². The summed E-state index contributed by atoms with van der Waals surface area (Å²) in [5.74, 6) is -3.50. The highest BCUT2D eigenvalue weighted by atomic mass is 32.1. The molecule has 4 rings (SSSR count). The van der Waals surface area contributed by atoms with E-state index in [-0.39, 0.29) is 18.1 Å². The molecule has 3 N–H and O–H groups in total. The zero-order valence-corrected chi connectivity index (χ0v) is 15.7. The molecule has 0 aliphatic rings. The summed E-state index contributed by atoms with van der Waals surface area (Å²) in [6, 6.07) is 14.6. The summed E-state index contributed by atoms with van der Waals surface area (Å²) in [5, 5.41) is 10.6. The molecule has 1 heterocycles. The average Bonchev–Trinajstić information content (AvgIpc) is 3.09.